The molecule has 1 aliphatic rings. The van der Waals surface area contributed by atoms with Crippen molar-refractivity contribution < 1.29 is 14.5 Å². The summed E-state index contributed by atoms with van der Waals surface area (Å²) in [6.07, 6.45) is 8.16. The van der Waals surface area contributed by atoms with Crippen molar-refractivity contribution in [2.24, 2.45) is 0 Å². The Balaban J connectivity index is 1.75. The zero-order valence-corrected chi connectivity index (χ0v) is 12.6. The van der Waals surface area contributed by atoms with E-state index in [0.717, 1.165) is 25.7 Å². The van der Waals surface area contributed by atoms with Crippen LogP contribution in [0.2, 0.25) is 0 Å². The van der Waals surface area contributed by atoms with Gasteiger partial charge in [0.1, 0.15) is 5.75 Å². The lowest BCUT2D eigenvalue weighted by Crippen LogP contribution is -2.38. The maximum absolute atomic E-state index is 11.9. The molecule has 0 heterocycles. The fourth-order valence-electron chi connectivity index (χ4n) is 2.68. The van der Waals surface area contributed by atoms with Gasteiger partial charge in [-0.1, -0.05) is 32.1 Å². The third-order valence-corrected chi connectivity index (χ3v) is 3.89. The first-order valence-corrected chi connectivity index (χ1v) is 7.82. The number of nitrogens with one attached hydrogen (secondary N) is 1. The molecule has 1 amide bonds. The Bertz CT molecular complexity index is 493. The van der Waals surface area contributed by atoms with Crippen molar-refractivity contribution in [3.8, 4) is 5.75 Å². The molecule has 22 heavy (non-hydrogen) atoms. The zero-order chi connectivity index (χ0) is 15.8. The maximum atomic E-state index is 11.9. The number of nitro groups is 1. The molecule has 1 saturated carbocycles. The molecule has 0 aromatic heterocycles. The third kappa shape index (κ3) is 5.35. The van der Waals surface area contributed by atoms with Crippen molar-refractivity contribution in [1.82, 2.24) is 5.32 Å². The number of hydrogen-bond acceptors (Lipinski definition) is 4. The van der Waals surface area contributed by atoms with E-state index in [4.69, 9.17) is 4.74 Å². The van der Waals surface area contributed by atoms with E-state index in [-0.39, 0.29) is 24.2 Å². The Hall–Kier alpha value is -2.11. The van der Waals surface area contributed by atoms with E-state index in [0.29, 0.717) is 5.75 Å². The van der Waals surface area contributed by atoms with Gasteiger partial charge in [-0.25, -0.2) is 0 Å². The van der Waals surface area contributed by atoms with Crippen LogP contribution in [0.1, 0.15) is 44.9 Å². The molecule has 1 aromatic rings. The van der Waals surface area contributed by atoms with Crippen LogP contribution in [0, 0.1) is 10.1 Å². The Labute approximate surface area is 130 Å². The third-order valence-electron chi connectivity index (χ3n) is 3.89. The van der Waals surface area contributed by atoms with Gasteiger partial charge in [0.25, 0.3) is 11.6 Å². The molecule has 1 fully saturated rings. The fraction of sp³-hybridized carbons (Fsp3) is 0.562. The Morgan fingerprint density at radius 2 is 1.73 bits per heavy atom. The predicted molar refractivity (Wildman–Crippen MR) is 82.8 cm³/mol. The largest absolute Gasteiger partial charge is 0.484 e. The summed E-state index contributed by atoms with van der Waals surface area (Å²) in [5.74, 6) is 0.322. The zero-order valence-electron chi connectivity index (χ0n) is 12.6. The fourth-order valence-corrected chi connectivity index (χ4v) is 2.68. The number of amides is 1. The molecule has 0 radical (unpaired) electrons. The molecule has 1 N–H and O–H groups in total. The molecule has 0 atom stereocenters. The van der Waals surface area contributed by atoms with Crippen LogP contribution in [0.15, 0.2) is 24.3 Å². The van der Waals surface area contributed by atoms with Crippen LogP contribution in [0.5, 0.6) is 5.75 Å². The van der Waals surface area contributed by atoms with E-state index in [1.165, 1.54) is 43.5 Å². The van der Waals surface area contributed by atoms with Crippen LogP contribution in [-0.2, 0) is 4.79 Å². The first-order valence-electron chi connectivity index (χ1n) is 7.82. The molecule has 0 unspecified atom stereocenters. The lowest BCUT2D eigenvalue weighted by molar-refractivity contribution is -0.384. The highest BCUT2D eigenvalue weighted by atomic mass is 16.6. The molecule has 120 valence electrons. The van der Waals surface area contributed by atoms with Gasteiger partial charge < -0.3 is 10.1 Å². The second-order valence-electron chi connectivity index (χ2n) is 5.65. The molecule has 1 aromatic carbocycles. The first kappa shape index (κ1) is 16.3. The maximum Gasteiger partial charge on any atom is 0.269 e. The van der Waals surface area contributed by atoms with Gasteiger partial charge in [-0.15, -0.1) is 0 Å². The SMILES string of the molecule is O=C(COc1ccc([N+](=O)[O-])cc1)NC1CCCCCCC1. The van der Waals surface area contributed by atoms with E-state index in [2.05, 4.69) is 5.32 Å². The molecule has 0 bridgehead atoms. The number of nitro benzene ring substituents is 1. The van der Waals surface area contributed by atoms with Crippen LogP contribution in [0.4, 0.5) is 5.69 Å². The molecule has 6 heteroatoms. The van der Waals surface area contributed by atoms with Crippen LogP contribution >= 0.6 is 0 Å². The summed E-state index contributed by atoms with van der Waals surface area (Å²) < 4.78 is 5.37. The summed E-state index contributed by atoms with van der Waals surface area (Å²) in [6.45, 7) is -0.0612. The van der Waals surface area contributed by atoms with Gasteiger partial charge in [-0.2, -0.15) is 0 Å². The van der Waals surface area contributed by atoms with Crippen LogP contribution < -0.4 is 10.1 Å². The topological polar surface area (TPSA) is 81.5 Å². The minimum Gasteiger partial charge on any atom is -0.484 e. The first-order chi connectivity index (χ1) is 10.6. The Kier molecular flexibility index (Phi) is 6.18. The van der Waals surface area contributed by atoms with Gasteiger partial charge in [-0.05, 0) is 25.0 Å². The highest BCUT2D eigenvalue weighted by molar-refractivity contribution is 5.77. The van der Waals surface area contributed by atoms with E-state index in [1.54, 1.807) is 0 Å². The van der Waals surface area contributed by atoms with Gasteiger partial charge in [0, 0.05) is 18.2 Å². The standard InChI is InChI=1S/C16H22N2O4/c19-16(17-13-6-4-2-1-3-5-7-13)12-22-15-10-8-14(9-11-15)18(20)21/h8-11,13H,1-7,12H2,(H,17,19). The van der Waals surface area contributed by atoms with Crippen LogP contribution in [-0.4, -0.2) is 23.5 Å². The van der Waals surface area contributed by atoms with Crippen molar-refractivity contribution >= 4 is 11.6 Å². The molecular weight excluding hydrogens is 284 g/mol. The molecule has 6 nitrogen and oxygen atoms in total. The number of nitrogens with zero attached hydrogens (tertiary/aromatic N) is 1. The van der Waals surface area contributed by atoms with E-state index in [9.17, 15) is 14.9 Å². The number of benzene rings is 1. The van der Waals surface area contributed by atoms with Crippen LogP contribution in [0.25, 0.3) is 0 Å². The van der Waals surface area contributed by atoms with Crippen molar-refractivity contribution in [3.63, 3.8) is 0 Å². The quantitative estimate of drug-likeness (QED) is 0.669. The van der Waals surface area contributed by atoms with Crippen molar-refractivity contribution in [1.29, 1.82) is 0 Å². The van der Waals surface area contributed by atoms with E-state index in [1.807, 2.05) is 0 Å². The summed E-state index contributed by atoms with van der Waals surface area (Å²) in [4.78, 5) is 22.0. The molecular formula is C16H22N2O4. The molecule has 1 aliphatic carbocycles. The predicted octanol–water partition coefficient (Wildman–Crippen LogP) is 3.20. The van der Waals surface area contributed by atoms with Gasteiger partial charge in [0.15, 0.2) is 6.61 Å². The number of carbonyl (C=O) groups excluding carboxylic acids is 1. The van der Waals surface area contributed by atoms with Gasteiger partial charge in [-0.3, -0.25) is 14.9 Å². The average Bonchev–Trinajstić information content (AvgIpc) is 2.48. The monoisotopic (exact) mass is 306 g/mol. The second kappa shape index (κ2) is 8.36. The summed E-state index contributed by atoms with van der Waals surface area (Å²) in [7, 11) is 0. The second-order valence-corrected chi connectivity index (χ2v) is 5.65. The van der Waals surface area contributed by atoms with Gasteiger partial charge in [0.2, 0.25) is 0 Å². The molecule has 2 rings (SSSR count). The highest BCUT2D eigenvalue weighted by Crippen LogP contribution is 2.18. The van der Waals surface area contributed by atoms with Crippen molar-refractivity contribution in [2.45, 2.75) is 51.0 Å². The van der Waals surface area contributed by atoms with Crippen molar-refractivity contribution in [3.05, 3.63) is 34.4 Å². The molecule has 0 saturated heterocycles. The van der Waals surface area contributed by atoms with Gasteiger partial charge in [0.05, 0.1) is 4.92 Å². The highest BCUT2D eigenvalue weighted by Gasteiger charge is 2.14. The summed E-state index contributed by atoms with van der Waals surface area (Å²) in [6, 6.07) is 5.97. The lowest BCUT2D eigenvalue weighted by atomic mass is 9.97. The summed E-state index contributed by atoms with van der Waals surface area (Å²) >= 11 is 0. The minimum absolute atomic E-state index is 0.00585. The number of carbonyl (C=O) groups is 1. The summed E-state index contributed by atoms with van der Waals surface area (Å²) in [5, 5.41) is 13.6. The van der Waals surface area contributed by atoms with E-state index < -0.39 is 4.92 Å². The smallest absolute Gasteiger partial charge is 0.269 e. The van der Waals surface area contributed by atoms with Crippen LogP contribution in [0.3, 0.4) is 0 Å². The Morgan fingerprint density at radius 1 is 1.14 bits per heavy atom. The minimum atomic E-state index is -0.467. The number of hydrogen-bond donors (Lipinski definition) is 1. The summed E-state index contributed by atoms with van der Waals surface area (Å²) in [5.41, 5.74) is 0.00585. The lowest BCUT2D eigenvalue weighted by Gasteiger charge is -2.21. The number of ether oxygens (including phenoxy) is 1. The Morgan fingerprint density at radius 3 is 2.32 bits per heavy atom. The number of rotatable bonds is 5. The average molecular weight is 306 g/mol. The van der Waals surface area contributed by atoms with Gasteiger partial charge >= 0.3 is 0 Å². The van der Waals surface area contributed by atoms with E-state index >= 15 is 0 Å². The van der Waals surface area contributed by atoms with Crippen molar-refractivity contribution in [2.75, 3.05) is 6.61 Å². The molecule has 0 aliphatic heterocycles. The normalized spacial score (nSPS) is 16.4. The number of non-ortho nitro benzene ring substituents is 1. The molecule has 0 spiro atoms.